The average Bonchev–Trinajstić information content (AvgIpc) is 2.83. The van der Waals surface area contributed by atoms with Gasteiger partial charge in [0.15, 0.2) is 0 Å². The van der Waals surface area contributed by atoms with Crippen molar-refractivity contribution in [1.29, 1.82) is 5.26 Å². The van der Waals surface area contributed by atoms with Gasteiger partial charge in [0.25, 0.3) is 0 Å². The Labute approximate surface area is 126 Å². The van der Waals surface area contributed by atoms with Crippen LogP contribution in [0.25, 0.3) is 0 Å². The highest BCUT2D eigenvalue weighted by Crippen LogP contribution is 2.49. The molecule has 1 fully saturated rings. The fourth-order valence-corrected chi connectivity index (χ4v) is 3.62. The van der Waals surface area contributed by atoms with E-state index in [9.17, 15) is 10.1 Å². The van der Waals surface area contributed by atoms with E-state index in [1.807, 2.05) is 18.2 Å². The maximum Gasteiger partial charge on any atom is 0.323 e. The van der Waals surface area contributed by atoms with Gasteiger partial charge in [-0.05, 0) is 37.7 Å². The monoisotopic (exact) mass is 285 g/mol. The molecule has 0 aliphatic heterocycles. The van der Waals surface area contributed by atoms with Gasteiger partial charge in [-0.15, -0.1) is 0 Å². The number of ether oxygens (including phenoxy) is 1. The standard InChI is InChI=1S/C18H23NO2/c1-3-21-17(20)16(13-19)18(10-9-14(2)11-18)12-15-7-5-4-6-8-15/h4-8,14,16H,3,9-12H2,1-2H3/t14-,16?,18+/m0/s1. The molecule has 0 spiro atoms. The number of hydrogen-bond donors (Lipinski definition) is 0. The molecule has 1 aromatic carbocycles. The van der Waals surface area contributed by atoms with Gasteiger partial charge in [0.2, 0.25) is 0 Å². The Hall–Kier alpha value is -1.82. The minimum Gasteiger partial charge on any atom is -0.465 e. The van der Waals surface area contributed by atoms with E-state index in [1.54, 1.807) is 6.92 Å². The van der Waals surface area contributed by atoms with Crippen LogP contribution < -0.4 is 0 Å². The molecule has 3 heteroatoms. The molecule has 1 aromatic rings. The van der Waals surface area contributed by atoms with Crippen LogP contribution in [0.4, 0.5) is 0 Å². The van der Waals surface area contributed by atoms with E-state index in [1.165, 1.54) is 5.56 Å². The van der Waals surface area contributed by atoms with Crippen LogP contribution in [0.1, 0.15) is 38.7 Å². The predicted octanol–water partition coefficient (Wildman–Crippen LogP) is 3.74. The number of benzene rings is 1. The van der Waals surface area contributed by atoms with Gasteiger partial charge in [-0.25, -0.2) is 0 Å². The predicted molar refractivity (Wildman–Crippen MR) is 81.3 cm³/mol. The minimum absolute atomic E-state index is 0.276. The Bertz CT molecular complexity index is 520. The molecule has 0 radical (unpaired) electrons. The molecule has 3 nitrogen and oxygen atoms in total. The second kappa shape index (κ2) is 6.76. The number of nitrogens with zero attached hydrogens (tertiary/aromatic N) is 1. The Balaban J connectivity index is 2.29. The van der Waals surface area contributed by atoms with E-state index in [0.717, 1.165) is 25.7 Å². The molecule has 1 aliphatic carbocycles. The van der Waals surface area contributed by atoms with Gasteiger partial charge >= 0.3 is 5.97 Å². The summed E-state index contributed by atoms with van der Waals surface area (Å²) in [7, 11) is 0. The first-order chi connectivity index (χ1) is 10.1. The van der Waals surface area contributed by atoms with E-state index >= 15 is 0 Å². The van der Waals surface area contributed by atoms with Crippen molar-refractivity contribution in [3.8, 4) is 6.07 Å². The van der Waals surface area contributed by atoms with E-state index in [2.05, 4.69) is 25.1 Å². The summed E-state index contributed by atoms with van der Waals surface area (Å²) in [6.45, 7) is 4.31. The van der Waals surface area contributed by atoms with Crippen molar-refractivity contribution in [1.82, 2.24) is 0 Å². The maximum absolute atomic E-state index is 12.2. The second-order valence-corrected chi connectivity index (χ2v) is 6.19. The first kappa shape index (κ1) is 15.6. The number of esters is 1. The van der Waals surface area contributed by atoms with Crippen LogP contribution in [0, 0.1) is 28.6 Å². The molecule has 0 aromatic heterocycles. The summed E-state index contributed by atoms with van der Waals surface area (Å²) in [6.07, 6.45) is 3.68. The van der Waals surface area contributed by atoms with Crippen LogP contribution in [0.3, 0.4) is 0 Å². The molecule has 112 valence electrons. The van der Waals surface area contributed by atoms with Gasteiger partial charge in [-0.3, -0.25) is 4.79 Å². The molecule has 1 saturated carbocycles. The molecule has 0 amide bonds. The Kier molecular flexibility index (Phi) is 5.01. The van der Waals surface area contributed by atoms with Crippen molar-refractivity contribution < 1.29 is 9.53 Å². The SMILES string of the molecule is CCOC(=O)C(C#N)[C@]1(Cc2ccccc2)CC[C@H](C)C1. The van der Waals surface area contributed by atoms with Crippen LogP contribution in [0.5, 0.6) is 0 Å². The minimum atomic E-state index is -0.664. The lowest BCUT2D eigenvalue weighted by atomic mass is 9.70. The van der Waals surface area contributed by atoms with Gasteiger partial charge in [0, 0.05) is 5.41 Å². The van der Waals surface area contributed by atoms with Crippen molar-refractivity contribution in [3.05, 3.63) is 35.9 Å². The summed E-state index contributed by atoms with van der Waals surface area (Å²) >= 11 is 0. The average molecular weight is 285 g/mol. The van der Waals surface area contributed by atoms with Crippen LogP contribution in [0.15, 0.2) is 30.3 Å². The van der Waals surface area contributed by atoms with E-state index < -0.39 is 5.92 Å². The Morgan fingerprint density at radius 1 is 1.48 bits per heavy atom. The number of nitriles is 1. The quantitative estimate of drug-likeness (QED) is 0.774. The van der Waals surface area contributed by atoms with Crippen LogP contribution in [-0.4, -0.2) is 12.6 Å². The van der Waals surface area contributed by atoms with E-state index in [4.69, 9.17) is 4.74 Å². The molecule has 0 N–H and O–H groups in total. The number of rotatable bonds is 5. The van der Waals surface area contributed by atoms with Crippen molar-refractivity contribution in [2.45, 2.75) is 39.5 Å². The van der Waals surface area contributed by atoms with Gasteiger partial charge in [0.05, 0.1) is 12.7 Å². The zero-order valence-corrected chi connectivity index (χ0v) is 12.8. The van der Waals surface area contributed by atoms with Crippen molar-refractivity contribution >= 4 is 5.97 Å². The molecular weight excluding hydrogens is 262 g/mol. The van der Waals surface area contributed by atoms with Crippen LogP contribution in [-0.2, 0) is 16.0 Å². The second-order valence-electron chi connectivity index (χ2n) is 6.19. The third-order valence-corrected chi connectivity index (χ3v) is 4.55. The summed E-state index contributed by atoms with van der Waals surface area (Å²) in [5.41, 5.74) is 0.915. The normalized spacial score (nSPS) is 26.0. The van der Waals surface area contributed by atoms with Gasteiger partial charge in [-0.1, -0.05) is 43.7 Å². The molecule has 2 rings (SSSR count). The van der Waals surface area contributed by atoms with E-state index in [0.29, 0.717) is 12.5 Å². The third kappa shape index (κ3) is 3.44. The highest BCUT2D eigenvalue weighted by atomic mass is 16.5. The maximum atomic E-state index is 12.2. The highest BCUT2D eigenvalue weighted by Gasteiger charge is 2.48. The molecule has 1 aliphatic rings. The van der Waals surface area contributed by atoms with Crippen molar-refractivity contribution in [3.63, 3.8) is 0 Å². The first-order valence-corrected chi connectivity index (χ1v) is 7.71. The lowest BCUT2D eigenvalue weighted by molar-refractivity contribution is -0.150. The van der Waals surface area contributed by atoms with Crippen molar-refractivity contribution in [2.75, 3.05) is 6.61 Å². The van der Waals surface area contributed by atoms with Gasteiger partial charge in [-0.2, -0.15) is 5.26 Å². The summed E-state index contributed by atoms with van der Waals surface area (Å²) < 4.78 is 5.14. The fraction of sp³-hybridized carbons (Fsp3) is 0.556. The highest BCUT2D eigenvalue weighted by molar-refractivity contribution is 5.76. The molecular formula is C18H23NO2. The van der Waals surface area contributed by atoms with Gasteiger partial charge in [0.1, 0.15) is 5.92 Å². The molecule has 0 bridgehead atoms. The topological polar surface area (TPSA) is 50.1 Å². The molecule has 3 atom stereocenters. The Morgan fingerprint density at radius 3 is 2.71 bits per heavy atom. The van der Waals surface area contributed by atoms with E-state index in [-0.39, 0.29) is 11.4 Å². The van der Waals surface area contributed by atoms with Crippen molar-refractivity contribution in [2.24, 2.45) is 17.3 Å². The zero-order chi connectivity index (χ0) is 15.3. The zero-order valence-electron chi connectivity index (χ0n) is 12.8. The lowest BCUT2D eigenvalue weighted by Gasteiger charge is -2.32. The van der Waals surface area contributed by atoms with Crippen LogP contribution in [0.2, 0.25) is 0 Å². The number of carbonyl (C=O) groups is 1. The Morgan fingerprint density at radius 2 is 2.19 bits per heavy atom. The fourth-order valence-electron chi connectivity index (χ4n) is 3.62. The molecule has 0 saturated heterocycles. The summed E-state index contributed by atoms with van der Waals surface area (Å²) in [6, 6.07) is 12.4. The van der Waals surface area contributed by atoms with Gasteiger partial charge < -0.3 is 4.74 Å². The molecule has 0 heterocycles. The molecule has 1 unspecified atom stereocenters. The largest absolute Gasteiger partial charge is 0.465 e. The number of hydrogen-bond acceptors (Lipinski definition) is 3. The summed E-state index contributed by atoms with van der Waals surface area (Å²) in [4.78, 5) is 12.2. The lowest BCUT2D eigenvalue weighted by Crippen LogP contribution is -2.36. The smallest absolute Gasteiger partial charge is 0.323 e. The summed E-state index contributed by atoms with van der Waals surface area (Å²) in [5, 5.41) is 9.56. The van der Waals surface area contributed by atoms with Crippen LogP contribution >= 0.6 is 0 Å². The number of carbonyl (C=O) groups excluding carboxylic acids is 1. The third-order valence-electron chi connectivity index (χ3n) is 4.55. The first-order valence-electron chi connectivity index (χ1n) is 7.71. The molecule has 21 heavy (non-hydrogen) atoms. The summed E-state index contributed by atoms with van der Waals surface area (Å²) in [5.74, 6) is -0.466.